The molecule has 3 N–H and O–H groups in total. The maximum absolute atomic E-state index is 10.3. The highest BCUT2D eigenvalue weighted by Crippen LogP contribution is 2.37. The third-order valence-electron chi connectivity index (χ3n) is 4.83. The summed E-state index contributed by atoms with van der Waals surface area (Å²) in [6.07, 6.45) is 5.55. The van der Waals surface area contributed by atoms with Crippen molar-refractivity contribution in [2.24, 2.45) is 0 Å². The van der Waals surface area contributed by atoms with E-state index in [0.29, 0.717) is 17.3 Å². The van der Waals surface area contributed by atoms with E-state index in [1.165, 1.54) is 29.7 Å². The van der Waals surface area contributed by atoms with Crippen molar-refractivity contribution in [2.75, 3.05) is 11.5 Å². The summed E-state index contributed by atoms with van der Waals surface area (Å²) in [7, 11) is 0. The monoisotopic (exact) mass is 385 g/mol. The molecule has 0 fully saturated rings. The average Bonchev–Trinajstić information content (AvgIpc) is 2.84. The van der Waals surface area contributed by atoms with Crippen LogP contribution in [0.25, 0.3) is 10.2 Å². The van der Waals surface area contributed by atoms with Gasteiger partial charge in [-0.05, 0) is 36.8 Å². The SMILES string of the molecule is Nc1nc(CSCC(O)c2ccccc2)nc2sc3c(c12)CCCCC3. The zero-order valence-electron chi connectivity index (χ0n) is 14.6. The van der Waals surface area contributed by atoms with Gasteiger partial charge >= 0.3 is 0 Å². The number of aromatic nitrogens is 2. The zero-order valence-corrected chi connectivity index (χ0v) is 16.3. The van der Waals surface area contributed by atoms with Gasteiger partial charge in [-0.1, -0.05) is 36.8 Å². The van der Waals surface area contributed by atoms with Crippen molar-refractivity contribution >= 4 is 39.1 Å². The van der Waals surface area contributed by atoms with Gasteiger partial charge in [-0.15, -0.1) is 11.3 Å². The molecule has 0 spiro atoms. The van der Waals surface area contributed by atoms with Gasteiger partial charge in [0.15, 0.2) is 0 Å². The fourth-order valence-electron chi connectivity index (χ4n) is 3.51. The lowest BCUT2D eigenvalue weighted by molar-refractivity contribution is 0.204. The molecule has 4 nitrogen and oxygen atoms in total. The van der Waals surface area contributed by atoms with Crippen LogP contribution in [0.4, 0.5) is 5.82 Å². The highest BCUT2D eigenvalue weighted by molar-refractivity contribution is 7.98. The van der Waals surface area contributed by atoms with Gasteiger partial charge in [0.1, 0.15) is 16.5 Å². The molecule has 1 unspecified atom stereocenters. The van der Waals surface area contributed by atoms with E-state index in [1.807, 2.05) is 30.3 Å². The number of nitrogens with zero attached hydrogens (tertiary/aromatic N) is 2. The van der Waals surface area contributed by atoms with Crippen molar-refractivity contribution in [2.45, 2.75) is 44.0 Å². The van der Waals surface area contributed by atoms with Crippen molar-refractivity contribution in [3.05, 3.63) is 52.2 Å². The number of nitrogens with two attached hydrogens (primary N) is 1. The van der Waals surface area contributed by atoms with Crippen LogP contribution in [0.5, 0.6) is 0 Å². The number of fused-ring (bicyclic) bond motifs is 3. The smallest absolute Gasteiger partial charge is 0.142 e. The number of aliphatic hydroxyl groups excluding tert-OH is 1. The maximum atomic E-state index is 10.3. The topological polar surface area (TPSA) is 72.0 Å². The van der Waals surface area contributed by atoms with E-state index in [1.54, 1.807) is 23.1 Å². The molecule has 0 saturated carbocycles. The molecule has 6 heteroatoms. The van der Waals surface area contributed by atoms with Crippen LogP contribution in [-0.4, -0.2) is 20.8 Å². The second-order valence-corrected chi connectivity index (χ2v) is 8.83. The molecule has 3 aromatic rings. The van der Waals surface area contributed by atoms with Crippen LogP contribution in [0, 0.1) is 0 Å². The van der Waals surface area contributed by atoms with Gasteiger partial charge in [-0.2, -0.15) is 11.8 Å². The molecule has 1 aliphatic rings. The van der Waals surface area contributed by atoms with Crippen molar-refractivity contribution in [3.8, 4) is 0 Å². The minimum Gasteiger partial charge on any atom is -0.388 e. The van der Waals surface area contributed by atoms with Gasteiger partial charge < -0.3 is 10.8 Å². The number of aryl methyl sites for hydroxylation is 2. The fourth-order valence-corrected chi connectivity index (χ4v) is 5.64. The molecule has 1 aliphatic carbocycles. The highest BCUT2D eigenvalue weighted by Gasteiger charge is 2.19. The Labute approximate surface area is 161 Å². The molecule has 1 aromatic carbocycles. The van der Waals surface area contributed by atoms with Gasteiger partial charge in [-0.3, -0.25) is 0 Å². The van der Waals surface area contributed by atoms with E-state index < -0.39 is 6.10 Å². The summed E-state index contributed by atoms with van der Waals surface area (Å²) in [6.45, 7) is 0. The molecule has 136 valence electrons. The molecule has 0 saturated heterocycles. The number of aliphatic hydroxyl groups is 1. The van der Waals surface area contributed by atoms with E-state index in [0.717, 1.165) is 34.4 Å². The molecule has 0 radical (unpaired) electrons. The predicted octanol–water partition coefficient (Wildman–Crippen LogP) is 4.51. The Morgan fingerprint density at radius 3 is 2.77 bits per heavy atom. The molecule has 1 atom stereocenters. The van der Waals surface area contributed by atoms with E-state index in [-0.39, 0.29) is 0 Å². The second kappa shape index (κ2) is 7.94. The first-order valence-corrected chi connectivity index (χ1v) is 11.1. The van der Waals surface area contributed by atoms with Crippen LogP contribution in [0.15, 0.2) is 30.3 Å². The Balaban J connectivity index is 1.47. The van der Waals surface area contributed by atoms with Gasteiger partial charge in [0.2, 0.25) is 0 Å². The van der Waals surface area contributed by atoms with Crippen LogP contribution in [-0.2, 0) is 18.6 Å². The number of benzene rings is 1. The Morgan fingerprint density at radius 1 is 1.12 bits per heavy atom. The normalized spacial score (nSPS) is 15.6. The Hall–Kier alpha value is -1.63. The van der Waals surface area contributed by atoms with Crippen LogP contribution in [0.2, 0.25) is 0 Å². The third-order valence-corrected chi connectivity index (χ3v) is 7.03. The van der Waals surface area contributed by atoms with Gasteiger partial charge in [-0.25, -0.2) is 9.97 Å². The van der Waals surface area contributed by atoms with Crippen LogP contribution < -0.4 is 5.73 Å². The lowest BCUT2D eigenvalue weighted by atomic mass is 10.1. The first-order valence-electron chi connectivity index (χ1n) is 9.10. The molecule has 2 aromatic heterocycles. The summed E-state index contributed by atoms with van der Waals surface area (Å²) in [6, 6.07) is 9.75. The average molecular weight is 386 g/mol. The van der Waals surface area contributed by atoms with E-state index in [9.17, 15) is 5.11 Å². The summed E-state index contributed by atoms with van der Waals surface area (Å²) in [5, 5.41) is 11.4. The standard InChI is InChI=1S/C20H23N3OS2/c21-19-18-14-9-5-2-6-10-16(14)26-20(18)23-17(22-19)12-25-11-15(24)13-7-3-1-4-8-13/h1,3-4,7-8,15,24H,2,5-6,9-12H2,(H2,21,22,23). The lowest BCUT2D eigenvalue weighted by Gasteiger charge is -2.10. The molecule has 0 amide bonds. The highest BCUT2D eigenvalue weighted by atomic mass is 32.2. The number of nitrogen functional groups attached to an aromatic ring is 1. The van der Waals surface area contributed by atoms with E-state index in [4.69, 9.17) is 10.7 Å². The van der Waals surface area contributed by atoms with Crippen molar-refractivity contribution in [3.63, 3.8) is 0 Å². The molecule has 2 heterocycles. The third kappa shape index (κ3) is 3.72. The van der Waals surface area contributed by atoms with Crippen molar-refractivity contribution < 1.29 is 5.11 Å². The van der Waals surface area contributed by atoms with E-state index in [2.05, 4.69) is 4.98 Å². The minimum atomic E-state index is -0.472. The number of rotatable bonds is 5. The fraction of sp³-hybridized carbons (Fsp3) is 0.400. The molecule has 0 bridgehead atoms. The molecule has 4 rings (SSSR count). The summed E-state index contributed by atoms with van der Waals surface area (Å²) < 4.78 is 0. The predicted molar refractivity (Wildman–Crippen MR) is 111 cm³/mol. The van der Waals surface area contributed by atoms with Crippen molar-refractivity contribution in [1.82, 2.24) is 9.97 Å². The van der Waals surface area contributed by atoms with Crippen LogP contribution in [0.1, 0.15) is 47.2 Å². The summed E-state index contributed by atoms with van der Waals surface area (Å²) in [5.41, 5.74) is 8.63. The summed E-state index contributed by atoms with van der Waals surface area (Å²) in [4.78, 5) is 11.8. The molecular weight excluding hydrogens is 362 g/mol. The van der Waals surface area contributed by atoms with Crippen LogP contribution >= 0.6 is 23.1 Å². The molecule has 0 aliphatic heterocycles. The van der Waals surface area contributed by atoms with E-state index >= 15 is 0 Å². The number of hydrogen-bond acceptors (Lipinski definition) is 6. The van der Waals surface area contributed by atoms with Crippen LogP contribution in [0.3, 0.4) is 0 Å². The van der Waals surface area contributed by atoms with Crippen molar-refractivity contribution in [1.29, 1.82) is 0 Å². The maximum Gasteiger partial charge on any atom is 0.142 e. The van der Waals surface area contributed by atoms with Gasteiger partial charge in [0.25, 0.3) is 0 Å². The quantitative estimate of drug-likeness (QED) is 0.632. The number of thiophene rings is 1. The Kier molecular flexibility index (Phi) is 5.43. The molecule has 26 heavy (non-hydrogen) atoms. The largest absolute Gasteiger partial charge is 0.388 e. The first kappa shape index (κ1) is 17.8. The molecular formula is C20H23N3OS2. The lowest BCUT2D eigenvalue weighted by Crippen LogP contribution is -2.03. The number of hydrogen-bond donors (Lipinski definition) is 2. The first-order chi connectivity index (χ1) is 12.7. The van der Waals surface area contributed by atoms with Gasteiger partial charge in [0.05, 0.1) is 17.2 Å². The minimum absolute atomic E-state index is 0.472. The summed E-state index contributed by atoms with van der Waals surface area (Å²) in [5.74, 6) is 2.66. The Morgan fingerprint density at radius 2 is 1.92 bits per heavy atom. The number of anilines is 1. The summed E-state index contributed by atoms with van der Waals surface area (Å²) >= 11 is 3.43. The second-order valence-electron chi connectivity index (χ2n) is 6.71. The number of thioether (sulfide) groups is 1. The van der Waals surface area contributed by atoms with Gasteiger partial charge in [0, 0.05) is 10.6 Å². The Bertz CT molecular complexity index is 895. The zero-order chi connectivity index (χ0) is 17.9.